The summed E-state index contributed by atoms with van der Waals surface area (Å²) in [6, 6.07) is 102. The Morgan fingerprint density at radius 1 is 0.171 bits per heavy atom. The average Bonchev–Trinajstić information content (AvgIpc) is 3.62. The van der Waals surface area contributed by atoms with Crippen molar-refractivity contribution in [3.05, 3.63) is 285 Å². The van der Waals surface area contributed by atoms with E-state index in [9.17, 15) is 0 Å². The largest absolute Gasteiger partial charge is 0.309 e. The first kappa shape index (κ1) is 45.8. The first-order valence-electron chi connectivity index (χ1n) is 27.8. The van der Waals surface area contributed by atoms with Gasteiger partial charge in [-0.3, -0.25) is 0 Å². The lowest BCUT2D eigenvalue weighted by Crippen LogP contribution is -2.01. The highest BCUT2D eigenvalue weighted by atomic mass is 15.0. The molecule has 7 heterocycles. The van der Waals surface area contributed by atoms with Gasteiger partial charge in [-0.05, 0) is 121 Å². The maximum Gasteiger partial charge on any atom is 0.0894 e. The third-order valence-corrected chi connectivity index (χ3v) is 16.5. The van der Waals surface area contributed by atoms with E-state index < -0.39 is 0 Å². The minimum atomic E-state index is 0.759. The monoisotopic (exact) mass is 1050 g/mol. The maximum atomic E-state index is 5.46. The summed E-state index contributed by atoms with van der Waals surface area (Å²) in [4.78, 5) is 16.3. The van der Waals surface area contributed by atoms with Crippen LogP contribution >= 0.6 is 0 Å². The maximum absolute atomic E-state index is 5.46. The number of rotatable bonds is 8. The van der Waals surface area contributed by atoms with Crippen molar-refractivity contribution < 1.29 is 0 Å². The lowest BCUT2D eigenvalue weighted by molar-refractivity contribution is 1.13. The number of aromatic nitrogens is 7. The van der Waals surface area contributed by atoms with Gasteiger partial charge in [-0.1, -0.05) is 164 Å². The van der Waals surface area contributed by atoms with Gasteiger partial charge in [-0.15, -0.1) is 0 Å². The normalized spacial score (nSPS) is 11.9. The zero-order valence-corrected chi connectivity index (χ0v) is 44.3. The van der Waals surface area contributed by atoms with Crippen LogP contribution in [0.15, 0.2) is 285 Å². The topological polar surface area (TPSA) is 58.4 Å². The molecule has 10 aromatic carbocycles. The Morgan fingerprint density at radius 3 is 0.573 bits per heavy atom. The fourth-order valence-corrected chi connectivity index (χ4v) is 13.0. The van der Waals surface area contributed by atoms with Gasteiger partial charge in [0.15, 0.2) is 0 Å². The molecule has 7 aromatic heterocycles. The molecule has 0 aliphatic heterocycles. The quantitative estimate of drug-likeness (QED) is 0.152. The molecule has 0 saturated heterocycles. The summed E-state index contributed by atoms with van der Waals surface area (Å²) in [6.07, 6.45) is 0. The van der Waals surface area contributed by atoms with Crippen LogP contribution in [0.5, 0.6) is 0 Å². The summed E-state index contributed by atoms with van der Waals surface area (Å²) in [5.74, 6) is 0. The van der Waals surface area contributed by atoms with Gasteiger partial charge < -0.3 is 18.3 Å². The second kappa shape index (κ2) is 18.2. The standard InChI is InChI=1S/C75H47N7/c1-9-34-68-54(20-1)55-21-2-10-35-69(55)79(68)50-42-48(43-51(46-50)80-70-36-11-3-22-56(70)57-23-4-12-37-71(57)80)62-28-17-30-64(76-62)66-32-19-33-67(78-66)65-31-18-29-63(77-65)49-44-52(81-72-38-13-5-24-58(72)59-25-6-14-39-73(59)81)47-53(45-49)82-74-40-15-7-26-60(74)61-27-8-16-41-75(61)82/h1-47H. The first-order valence-corrected chi connectivity index (χ1v) is 27.8. The van der Waals surface area contributed by atoms with Crippen molar-refractivity contribution in [1.82, 2.24) is 33.2 Å². The number of fused-ring (bicyclic) bond motifs is 12. The first-order chi connectivity index (χ1) is 40.7. The zero-order valence-electron chi connectivity index (χ0n) is 44.3. The molecular formula is C75H47N7. The van der Waals surface area contributed by atoms with Crippen molar-refractivity contribution in [2.24, 2.45) is 0 Å². The summed E-state index contributed by atoms with van der Waals surface area (Å²) in [5, 5.41) is 9.70. The molecule has 0 radical (unpaired) electrons. The summed E-state index contributed by atoms with van der Waals surface area (Å²) in [5.41, 5.74) is 20.1. The molecule has 82 heavy (non-hydrogen) atoms. The SMILES string of the molecule is c1cc(-c2cc(-n3c4ccccc4c4ccccc43)cc(-n3c4ccccc4c4ccccc43)c2)nc(-c2cccc(-c3cccc(-c4cc(-n5c6ccccc6c6ccccc65)cc(-n5c6ccccc6c6ccccc65)c4)n3)n2)c1. The van der Waals surface area contributed by atoms with Crippen LogP contribution in [0.25, 0.3) is 155 Å². The number of para-hydroxylation sites is 8. The van der Waals surface area contributed by atoms with Crippen LogP contribution in [0.2, 0.25) is 0 Å². The summed E-state index contributed by atoms with van der Waals surface area (Å²) in [6.45, 7) is 0. The van der Waals surface area contributed by atoms with Crippen LogP contribution < -0.4 is 0 Å². The van der Waals surface area contributed by atoms with Gasteiger partial charge in [0.1, 0.15) is 0 Å². The molecule has 0 amide bonds. The highest BCUT2D eigenvalue weighted by Gasteiger charge is 2.21. The van der Waals surface area contributed by atoms with Crippen molar-refractivity contribution >= 4 is 87.2 Å². The Hall–Kier alpha value is -11.2. The van der Waals surface area contributed by atoms with E-state index in [2.05, 4.69) is 291 Å². The van der Waals surface area contributed by atoms with E-state index in [-0.39, 0.29) is 0 Å². The van der Waals surface area contributed by atoms with Gasteiger partial charge in [0.05, 0.1) is 78.3 Å². The fourth-order valence-electron chi connectivity index (χ4n) is 13.0. The fraction of sp³-hybridized carbons (Fsp3) is 0. The average molecular weight is 1050 g/mol. The second-order valence-electron chi connectivity index (χ2n) is 21.2. The molecular weight excluding hydrogens is 999 g/mol. The molecule has 0 saturated carbocycles. The molecule has 0 spiro atoms. The predicted molar refractivity (Wildman–Crippen MR) is 339 cm³/mol. The van der Waals surface area contributed by atoms with Gasteiger partial charge >= 0.3 is 0 Å². The van der Waals surface area contributed by atoms with Crippen molar-refractivity contribution in [1.29, 1.82) is 0 Å². The minimum Gasteiger partial charge on any atom is -0.309 e. The van der Waals surface area contributed by atoms with Gasteiger partial charge in [0.2, 0.25) is 0 Å². The Bertz CT molecular complexity index is 4630. The van der Waals surface area contributed by atoms with Crippen LogP contribution in [-0.4, -0.2) is 33.2 Å². The number of benzene rings is 10. The molecule has 0 atom stereocenters. The molecule has 17 aromatic rings. The van der Waals surface area contributed by atoms with Crippen LogP contribution in [0.1, 0.15) is 0 Å². The Balaban J connectivity index is 0.803. The van der Waals surface area contributed by atoms with Gasteiger partial charge in [-0.25, -0.2) is 15.0 Å². The number of hydrogen-bond acceptors (Lipinski definition) is 3. The molecule has 0 unspecified atom stereocenters. The van der Waals surface area contributed by atoms with Gasteiger partial charge in [-0.2, -0.15) is 0 Å². The lowest BCUT2D eigenvalue weighted by Gasteiger charge is -2.16. The Morgan fingerprint density at radius 2 is 0.354 bits per heavy atom. The van der Waals surface area contributed by atoms with Crippen molar-refractivity contribution in [3.8, 4) is 68.0 Å². The van der Waals surface area contributed by atoms with E-state index >= 15 is 0 Å². The Kier molecular flexibility index (Phi) is 10.2. The summed E-state index contributed by atoms with van der Waals surface area (Å²) >= 11 is 0. The van der Waals surface area contributed by atoms with E-state index in [1.165, 1.54) is 43.1 Å². The highest BCUT2D eigenvalue weighted by molar-refractivity contribution is 6.13. The van der Waals surface area contributed by atoms with Gasteiger partial charge in [0, 0.05) is 77.0 Å². The second-order valence-corrected chi connectivity index (χ2v) is 21.2. The summed E-state index contributed by atoms with van der Waals surface area (Å²) in [7, 11) is 0. The molecule has 7 heteroatoms. The molecule has 0 N–H and O–H groups in total. The van der Waals surface area contributed by atoms with E-state index in [1.54, 1.807) is 0 Å². The Labute approximate surface area is 471 Å². The molecule has 0 bridgehead atoms. The highest BCUT2D eigenvalue weighted by Crippen LogP contribution is 2.41. The zero-order chi connectivity index (χ0) is 53.8. The molecule has 0 fully saturated rings. The van der Waals surface area contributed by atoms with E-state index in [0.29, 0.717) is 0 Å². The van der Waals surface area contributed by atoms with Gasteiger partial charge in [0.25, 0.3) is 0 Å². The molecule has 0 aliphatic rings. The molecule has 0 aliphatic carbocycles. The van der Waals surface area contributed by atoms with E-state index in [0.717, 1.165) is 112 Å². The number of pyridine rings is 3. The van der Waals surface area contributed by atoms with Crippen LogP contribution in [-0.2, 0) is 0 Å². The third-order valence-electron chi connectivity index (χ3n) is 16.5. The minimum absolute atomic E-state index is 0.759. The molecule has 382 valence electrons. The third kappa shape index (κ3) is 7.13. The van der Waals surface area contributed by atoms with E-state index in [1.807, 2.05) is 12.1 Å². The number of nitrogens with zero attached hydrogens (tertiary/aromatic N) is 7. The van der Waals surface area contributed by atoms with Crippen LogP contribution in [0.4, 0.5) is 0 Å². The molecule has 7 nitrogen and oxygen atoms in total. The number of hydrogen-bond donors (Lipinski definition) is 0. The summed E-state index contributed by atoms with van der Waals surface area (Å²) < 4.78 is 9.59. The van der Waals surface area contributed by atoms with Crippen molar-refractivity contribution in [2.75, 3.05) is 0 Å². The lowest BCUT2D eigenvalue weighted by atomic mass is 10.1. The smallest absolute Gasteiger partial charge is 0.0894 e. The van der Waals surface area contributed by atoms with E-state index in [4.69, 9.17) is 15.0 Å². The molecule has 17 rings (SSSR count). The predicted octanol–water partition coefficient (Wildman–Crippen LogP) is 18.9. The van der Waals surface area contributed by atoms with Crippen LogP contribution in [0, 0.1) is 0 Å². The van der Waals surface area contributed by atoms with Crippen molar-refractivity contribution in [3.63, 3.8) is 0 Å². The van der Waals surface area contributed by atoms with Crippen LogP contribution in [0.3, 0.4) is 0 Å². The van der Waals surface area contributed by atoms with Crippen molar-refractivity contribution in [2.45, 2.75) is 0 Å².